The van der Waals surface area contributed by atoms with Crippen molar-refractivity contribution in [1.29, 1.82) is 0 Å². The summed E-state index contributed by atoms with van der Waals surface area (Å²) in [5.41, 5.74) is 4.31. The second kappa shape index (κ2) is 6.62. The quantitative estimate of drug-likeness (QED) is 0.633. The minimum Gasteiger partial charge on any atom is -0.237 e. The number of hydrogen-bond donors (Lipinski definition) is 0. The summed E-state index contributed by atoms with van der Waals surface area (Å²) in [7, 11) is 0. The van der Waals surface area contributed by atoms with Gasteiger partial charge in [-0.15, -0.1) is 0 Å². The second-order valence-corrected chi connectivity index (χ2v) is 3.97. The molecule has 0 amide bonds. The van der Waals surface area contributed by atoms with Gasteiger partial charge in [-0.3, -0.25) is 0 Å². The van der Waals surface area contributed by atoms with Crippen LogP contribution in [0.3, 0.4) is 0 Å². The Hall–Kier alpha value is -0.820. The molecular weight excluding hydrogens is 184 g/mol. The van der Waals surface area contributed by atoms with Crippen LogP contribution in [-0.2, 0) is 24.4 Å². The fourth-order valence-electron chi connectivity index (χ4n) is 1.89. The molecule has 0 aliphatic heterocycles. The maximum Gasteiger partial charge on any atom is 0.0822 e. The average Bonchev–Trinajstić information content (AvgIpc) is 2.29. The number of unbranched alkanes of at least 4 members (excludes halogenated alkanes) is 1. The lowest BCUT2D eigenvalue weighted by Gasteiger charge is -2.09. The standard InChI is InChI=1S/C14H21O/c1-3-12-8-9-14(7-5-6-10-15)13(4-2)11-12/h8-9,11H,3-7,10H2,1-2H3. The molecule has 1 heteroatoms. The van der Waals surface area contributed by atoms with Crippen molar-refractivity contribution in [3.05, 3.63) is 34.9 Å². The topological polar surface area (TPSA) is 19.9 Å². The van der Waals surface area contributed by atoms with Crippen LogP contribution in [0.4, 0.5) is 0 Å². The summed E-state index contributed by atoms with van der Waals surface area (Å²) in [4.78, 5) is 0. The first-order valence-electron chi connectivity index (χ1n) is 6.00. The highest BCUT2D eigenvalue weighted by molar-refractivity contribution is 5.32. The van der Waals surface area contributed by atoms with E-state index in [1.54, 1.807) is 0 Å². The van der Waals surface area contributed by atoms with Gasteiger partial charge in [0.1, 0.15) is 0 Å². The van der Waals surface area contributed by atoms with Crippen molar-refractivity contribution in [3.63, 3.8) is 0 Å². The number of benzene rings is 1. The molecule has 83 valence electrons. The van der Waals surface area contributed by atoms with E-state index in [9.17, 15) is 5.11 Å². The molecule has 1 radical (unpaired) electrons. The molecular formula is C14H21O. The number of hydrogen-bond acceptors (Lipinski definition) is 0. The van der Waals surface area contributed by atoms with E-state index < -0.39 is 0 Å². The van der Waals surface area contributed by atoms with Crippen molar-refractivity contribution in [2.24, 2.45) is 0 Å². The van der Waals surface area contributed by atoms with Crippen LogP contribution in [0, 0.1) is 0 Å². The highest BCUT2D eigenvalue weighted by Gasteiger charge is 2.01. The van der Waals surface area contributed by atoms with E-state index in [0.717, 1.165) is 32.1 Å². The Kier molecular flexibility index (Phi) is 5.41. The molecule has 1 rings (SSSR count). The van der Waals surface area contributed by atoms with Crippen molar-refractivity contribution in [2.75, 3.05) is 6.61 Å². The van der Waals surface area contributed by atoms with E-state index in [1.165, 1.54) is 16.7 Å². The first-order chi connectivity index (χ1) is 7.31. The van der Waals surface area contributed by atoms with E-state index in [4.69, 9.17) is 0 Å². The Bertz CT molecular complexity index is 291. The van der Waals surface area contributed by atoms with Gasteiger partial charge in [0.25, 0.3) is 0 Å². The van der Waals surface area contributed by atoms with Gasteiger partial charge >= 0.3 is 0 Å². The van der Waals surface area contributed by atoms with Gasteiger partial charge in [0.2, 0.25) is 0 Å². The third-order valence-electron chi connectivity index (χ3n) is 2.90. The lowest BCUT2D eigenvalue weighted by Crippen LogP contribution is -1.96. The lowest BCUT2D eigenvalue weighted by atomic mass is 9.97. The summed E-state index contributed by atoms with van der Waals surface area (Å²) in [6.45, 7) is 4.45. The average molecular weight is 205 g/mol. The molecule has 1 aromatic rings. The molecule has 0 atom stereocenters. The van der Waals surface area contributed by atoms with Crippen LogP contribution in [0.5, 0.6) is 0 Å². The molecule has 0 unspecified atom stereocenters. The van der Waals surface area contributed by atoms with Crippen LogP contribution in [0.2, 0.25) is 0 Å². The first-order valence-corrected chi connectivity index (χ1v) is 6.00. The van der Waals surface area contributed by atoms with Crippen LogP contribution in [0.15, 0.2) is 18.2 Å². The van der Waals surface area contributed by atoms with Crippen LogP contribution >= 0.6 is 0 Å². The SMILES string of the molecule is CCc1ccc(CCCC[O])c(CC)c1. The smallest absolute Gasteiger partial charge is 0.0822 e. The number of aryl methyl sites for hydroxylation is 3. The summed E-state index contributed by atoms with van der Waals surface area (Å²) in [6, 6.07) is 6.76. The highest BCUT2D eigenvalue weighted by atomic mass is 16.2. The molecule has 0 fully saturated rings. The summed E-state index contributed by atoms with van der Waals surface area (Å²) in [6.07, 6.45) is 5.10. The molecule has 1 nitrogen and oxygen atoms in total. The predicted molar refractivity (Wildman–Crippen MR) is 63.7 cm³/mol. The zero-order chi connectivity index (χ0) is 11.1. The third-order valence-corrected chi connectivity index (χ3v) is 2.90. The van der Waals surface area contributed by atoms with E-state index in [-0.39, 0.29) is 6.61 Å². The summed E-state index contributed by atoms with van der Waals surface area (Å²) in [5, 5.41) is 10.4. The second-order valence-electron chi connectivity index (χ2n) is 3.97. The fraction of sp³-hybridized carbons (Fsp3) is 0.571. The monoisotopic (exact) mass is 205 g/mol. The molecule has 15 heavy (non-hydrogen) atoms. The van der Waals surface area contributed by atoms with Gasteiger partial charge in [-0.05, 0) is 48.8 Å². The van der Waals surface area contributed by atoms with Gasteiger partial charge in [0.05, 0.1) is 6.61 Å². The Morgan fingerprint density at radius 3 is 2.40 bits per heavy atom. The van der Waals surface area contributed by atoms with Crippen molar-refractivity contribution >= 4 is 0 Å². The van der Waals surface area contributed by atoms with E-state index >= 15 is 0 Å². The largest absolute Gasteiger partial charge is 0.237 e. The molecule has 0 saturated carbocycles. The van der Waals surface area contributed by atoms with Crippen LogP contribution in [0.25, 0.3) is 0 Å². The van der Waals surface area contributed by atoms with E-state index in [0.29, 0.717) is 0 Å². The van der Waals surface area contributed by atoms with Gasteiger partial charge in [-0.1, -0.05) is 32.0 Å². The minimum atomic E-state index is 0.0640. The molecule has 0 aromatic heterocycles. The maximum atomic E-state index is 10.4. The zero-order valence-electron chi connectivity index (χ0n) is 9.88. The normalized spacial score (nSPS) is 10.6. The van der Waals surface area contributed by atoms with Crippen molar-refractivity contribution in [3.8, 4) is 0 Å². The Morgan fingerprint density at radius 2 is 1.80 bits per heavy atom. The van der Waals surface area contributed by atoms with Gasteiger partial charge < -0.3 is 0 Å². The minimum absolute atomic E-state index is 0.0640. The molecule has 0 bridgehead atoms. The molecule has 0 aliphatic carbocycles. The number of rotatable bonds is 6. The fourth-order valence-corrected chi connectivity index (χ4v) is 1.89. The van der Waals surface area contributed by atoms with Crippen molar-refractivity contribution in [1.82, 2.24) is 0 Å². The summed E-state index contributed by atoms with van der Waals surface area (Å²) in [5.74, 6) is 0. The Morgan fingerprint density at radius 1 is 1.00 bits per heavy atom. The lowest BCUT2D eigenvalue weighted by molar-refractivity contribution is 0.187. The highest BCUT2D eigenvalue weighted by Crippen LogP contribution is 2.16. The molecule has 0 spiro atoms. The van der Waals surface area contributed by atoms with Gasteiger partial charge in [0, 0.05) is 0 Å². The molecule has 0 heterocycles. The van der Waals surface area contributed by atoms with Crippen LogP contribution < -0.4 is 0 Å². The van der Waals surface area contributed by atoms with Crippen molar-refractivity contribution in [2.45, 2.75) is 46.0 Å². The van der Waals surface area contributed by atoms with E-state index in [1.807, 2.05) is 0 Å². The van der Waals surface area contributed by atoms with Crippen LogP contribution in [-0.4, -0.2) is 6.61 Å². The van der Waals surface area contributed by atoms with Gasteiger partial charge in [0.15, 0.2) is 0 Å². The molecule has 0 saturated heterocycles. The first kappa shape index (κ1) is 12.3. The molecule has 1 aromatic carbocycles. The third kappa shape index (κ3) is 3.67. The van der Waals surface area contributed by atoms with Gasteiger partial charge in [-0.25, -0.2) is 5.11 Å². The van der Waals surface area contributed by atoms with E-state index in [2.05, 4.69) is 32.0 Å². The molecule has 0 N–H and O–H groups in total. The predicted octanol–water partition coefficient (Wildman–Crippen LogP) is 3.56. The Balaban J connectivity index is 2.69. The summed E-state index contributed by atoms with van der Waals surface area (Å²) < 4.78 is 0. The zero-order valence-corrected chi connectivity index (χ0v) is 9.88. The maximum absolute atomic E-state index is 10.4. The molecule has 0 aliphatic rings. The van der Waals surface area contributed by atoms with Crippen molar-refractivity contribution < 1.29 is 5.11 Å². The Labute approximate surface area is 93.1 Å². The summed E-state index contributed by atoms with van der Waals surface area (Å²) >= 11 is 0. The van der Waals surface area contributed by atoms with Crippen LogP contribution in [0.1, 0.15) is 43.4 Å². The van der Waals surface area contributed by atoms with Gasteiger partial charge in [-0.2, -0.15) is 0 Å².